The van der Waals surface area contributed by atoms with Gasteiger partial charge in [-0.3, -0.25) is 0 Å². The Morgan fingerprint density at radius 3 is 2.61 bits per heavy atom. The van der Waals surface area contributed by atoms with Gasteiger partial charge in [-0.2, -0.15) is 0 Å². The Morgan fingerprint density at radius 1 is 1.30 bits per heavy atom. The van der Waals surface area contributed by atoms with E-state index in [1.807, 2.05) is 38.1 Å². The molecule has 1 aromatic carbocycles. The number of carboxylic acid groups (broad SMARTS) is 1. The quantitative estimate of drug-likeness (QED) is 0.883. The predicted octanol–water partition coefficient (Wildman–Crippen LogP) is 2.92. The monoisotopic (exact) mass is 316 g/mol. The summed E-state index contributed by atoms with van der Waals surface area (Å²) in [5.74, 6) is 0.667. The zero-order valence-corrected chi connectivity index (χ0v) is 13.7. The van der Waals surface area contributed by atoms with E-state index in [1.54, 1.807) is 12.3 Å². The van der Waals surface area contributed by atoms with Gasteiger partial charge in [-0.05, 0) is 36.8 Å². The Hall–Kier alpha value is -2.76. The number of aromatic nitrogens is 1. The summed E-state index contributed by atoms with van der Waals surface area (Å²) in [6.07, 6.45) is 1.68. The van der Waals surface area contributed by atoms with Crippen LogP contribution in [0.1, 0.15) is 17.3 Å². The maximum absolute atomic E-state index is 11.4. The molecule has 2 aromatic rings. The molecule has 0 aliphatic rings. The first-order valence-corrected chi connectivity index (χ1v) is 7.19. The summed E-state index contributed by atoms with van der Waals surface area (Å²) in [6, 6.07) is 6.74. The number of rotatable bonds is 6. The first-order chi connectivity index (χ1) is 11.0. The Kier molecular flexibility index (Phi) is 5.05. The maximum atomic E-state index is 11.4. The van der Waals surface area contributed by atoms with Crippen molar-refractivity contribution in [1.82, 2.24) is 4.98 Å². The lowest BCUT2D eigenvalue weighted by molar-refractivity contribution is 0.0696. The highest BCUT2D eigenvalue weighted by Gasteiger charge is 2.18. The third kappa shape index (κ3) is 3.53. The van der Waals surface area contributed by atoms with Gasteiger partial charge < -0.3 is 19.5 Å². The maximum Gasteiger partial charge on any atom is 0.335 e. The molecule has 0 saturated carbocycles. The van der Waals surface area contributed by atoms with Gasteiger partial charge in [0.15, 0.2) is 11.5 Å². The third-order valence-electron chi connectivity index (χ3n) is 3.33. The Labute approximate surface area is 135 Å². The van der Waals surface area contributed by atoms with Gasteiger partial charge in [0.25, 0.3) is 0 Å². The molecule has 0 aliphatic carbocycles. The van der Waals surface area contributed by atoms with E-state index in [0.29, 0.717) is 23.7 Å². The largest absolute Gasteiger partial charge is 0.493 e. The van der Waals surface area contributed by atoms with Crippen LogP contribution in [0.2, 0.25) is 0 Å². The molecular formula is C17H20N2O4. The number of pyridine rings is 1. The van der Waals surface area contributed by atoms with Crippen LogP contribution in [0.3, 0.4) is 0 Å². The standard InChI is InChI=1S/C17H20N2O4/c1-5-23-16-13(8-12(17(20)21)9-14(16)22-4)11-6-7-18-15(10-11)19(2)3/h6-10H,5H2,1-4H3,(H,20,21). The smallest absolute Gasteiger partial charge is 0.335 e. The fraction of sp³-hybridized carbons (Fsp3) is 0.294. The van der Waals surface area contributed by atoms with Gasteiger partial charge in [0, 0.05) is 25.9 Å². The molecule has 6 heteroatoms. The summed E-state index contributed by atoms with van der Waals surface area (Å²) in [4.78, 5) is 17.5. The summed E-state index contributed by atoms with van der Waals surface area (Å²) in [5, 5.41) is 9.32. The molecule has 0 unspecified atom stereocenters. The van der Waals surface area contributed by atoms with Gasteiger partial charge >= 0.3 is 5.97 Å². The first-order valence-electron chi connectivity index (χ1n) is 7.19. The first kappa shape index (κ1) is 16.6. The fourth-order valence-electron chi connectivity index (χ4n) is 2.22. The highest BCUT2D eigenvalue weighted by Crippen LogP contribution is 2.40. The van der Waals surface area contributed by atoms with Crippen molar-refractivity contribution in [3.63, 3.8) is 0 Å². The number of benzene rings is 1. The molecule has 6 nitrogen and oxygen atoms in total. The molecule has 1 heterocycles. The van der Waals surface area contributed by atoms with Crippen molar-refractivity contribution in [2.24, 2.45) is 0 Å². The van der Waals surface area contributed by atoms with Gasteiger partial charge in [-0.1, -0.05) is 0 Å². The van der Waals surface area contributed by atoms with Crippen LogP contribution in [-0.4, -0.2) is 43.9 Å². The van der Waals surface area contributed by atoms with Crippen molar-refractivity contribution in [2.45, 2.75) is 6.92 Å². The number of anilines is 1. The van der Waals surface area contributed by atoms with Gasteiger partial charge in [-0.25, -0.2) is 9.78 Å². The normalized spacial score (nSPS) is 10.3. The number of carbonyl (C=O) groups is 1. The zero-order valence-electron chi connectivity index (χ0n) is 13.7. The number of ether oxygens (including phenoxy) is 2. The van der Waals surface area contributed by atoms with Gasteiger partial charge in [0.05, 0.1) is 19.3 Å². The van der Waals surface area contributed by atoms with Gasteiger partial charge in [0.1, 0.15) is 5.82 Å². The van der Waals surface area contributed by atoms with Gasteiger partial charge in [0.2, 0.25) is 0 Å². The Bertz CT molecular complexity index is 714. The molecule has 0 atom stereocenters. The van der Waals surface area contributed by atoms with Crippen molar-refractivity contribution in [3.05, 3.63) is 36.0 Å². The van der Waals surface area contributed by atoms with E-state index in [0.717, 1.165) is 11.4 Å². The lowest BCUT2D eigenvalue weighted by atomic mass is 10.0. The lowest BCUT2D eigenvalue weighted by Crippen LogP contribution is -2.10. The topological polar surface area (TPSA) is 71.9 Å². The van der Waals surface area contributed by atoms with Crippen LogP contribution in [-0.2, 0) is 0 Å². The molecule has 0 amide bonds. The number of methoxy groups -OCH3 is 1. The molecule has 0 fully saturated rings. The Balaban J connectivity index is 2.69. The summed E-state index contributed by atoms with van der Waals surface area (Å²) in [5.41, 5.74) is 1.62. The second kappa shape index (κ2) is 7.00. The summed E-state index contributed by atoms with van der Waals surface area (Å²) >= 11 is 0. The van der Waals surface area contributed by atoms with Crippen molar-refractivity contribution in [3.8, 4) is 22.6 Å². The van der Waals surface area contributed by atoms with E-state index in [4.69, 9.17) is 9.47 Å². The highest BCUT2D eigenvalue weighted by molar-refractivity contribution is 5.92. The minimum absolute atomic E-state index is 0.142. The third-order valence-corrected chi connectivity index (χ3v) is 3.33. The molecule has 0 saturated heterocycles. The van der Waals surface area contributed by atoms with E-state index in [2.05, 4.69) is 4.98 Å². The number of hydrogen-bond donors (Lipinski definition) is 1. The minimum Gasteiger partial charge on any atom is -0.493 e. The van der Waals surface area contributed by atoms with Crippen molar-refractivity contribution < 1.29 is 19.4 Å². The molecule has 2 rings (SSSR count). The molecular weight excluding hydrogens is 296 g/mol. The van der Waals surface area contributed by atoms with Gasteiger partial charge in [-0.15, -0.1) is 0 Å². The van der Waals surface area contributed by atoms with Crippen molar-refractivity contribution in [1.29, 1.82) is 0 Å². The van der Waals surface area contributed by atoms with Crippen molar-refractivity contribution >= 4 is 11.8 Å². The fourth-order valence-corrected chi connectivity index (χ4v) is 2.22. The molecule has 122 valence electrons. The minimum atomic E-state index is -1.02. The summed E-state index contributed by atoms with van der Waals surface area (Å²) in [6.45, 7) is 2.31. The number of aromatic carboxylic acids is 1. The van der Waals surface area contributed by atoms with E-state index in [-0.39, 0.29) is 5.56 Å². The predicted molar refractivity (Wildman–Crippen MR) is 88.7 cm³/mol. The average Bonchev–Trinajstić information content (AvgIpc) is 2.55. The molecule has 23 heavy (non-hydrogen) atoms. The number of hydrogen-bond acceptors (Lipinski definition) is 5. The van der Waals surface area contributed by atoms with Crippen LogP contribution in [0.15, 0.2) is 30.5 Å². The second-order valence-electron chi connectivity index (χ2n) is 5.09. The van der Waals surface area contributed by atoms with Crippen LogP contribution in [0.5, 0.6) is 11.5 Å². The van der Waals surface area contributed by atoms with Crippen LogP contribution in [0.4, 0.5) is 5.82 Å². The Morgan fingerprint density at radius 2 is 2.04 bits per heavy atom. The summed E-state index contributed by atoms with van der Waals surface area (Å²) in [7, 11) is 5.28. The van der Waals surface area contributed by atoms with Crippen LogP contribution < -0.4 is 14.4 Å². The molecule has 0 aliphatic heterocycles. The molecule has 1 aromatic heterocycles. The van der Waals surface area contributed by atoms with E-state index in [9.17, 15) is 9.90 Å². The summed E-state index contributed by atoms with van der Waals surface area (Å²) < 4.78 is 11.0. The molecule has 0 spiro atoms. The van der Waals surface area contributed by atoms with Crippen LogP contribution in [0, 0.1) is 0 Å². The second-order valence-corrected chi connectivity index (χ2v) is 5.09. The highest BCUT2D eigenvalue weighted by atomic mass is 16.5. The van der Waals surface area contributed by atoms with Crippen LogP contribution in [0.25, 0.3) is 11.1 Å². The number of carboxylic acids is 1. The average molecular weight is 316 g/mol. The molecule has 1 N–H and O–H groups in total. The van der Waals surface area contributed by atoms with E-state index >= 15 is 0 Å². The van der Waals surface area contributed by atoms with E-state index < -0.39 is 5.97 Å². The zero-order chi connectivity index (χ0) is 17.0. The molecule has 0 bridgehead atoms. The SMILES string of the molecule is CCOc1c(OC)cc(C(=O)O)cc1-c1ccnc(N(C)C)c1. The van der Waals surface area contributed by atoms with Crippen LogP contribution >= 0.6 is 0 Å². The van der Waals surface area contributed by atoms with E-state index in [1.165, 1.54) is 13.2 Å². The number of nitrogens with zero attached hydrogens (tertiary/aromatic N) is 2. The van der Waals surface area contributed by atoms with Crippen molar-refractivity contribution in [2.75, 3.05) is 32.7 Å². The lowest BCUT2D eigenvalue weighted by Gasteiger charge is -2.17. The molecule has 0 radical (unpaired) electrons.